The quantitative estimate of drug-likeness (QED) is 0.628. The topological polar surface area (TPSA) is 24.4 Å². The number of hydrogen-bond donors (Lipinski definition) is 1. The molecule has 4 aliphatic carbocycles. The minimum absolute atomic E-state index is 0.686. The van der Waals surface area contributed by atoms with Crippen molar-refractivity contribution in [2.24, 2.45) is 28.7 Å². The monoisotopic (exact) mass is 282 g/mol. The maximum atomic E-state index is 4.82. The summed E-state index contributed by atoms with van der Waals surface area (Å²) >= 11 is 0. The van der Waals surface area contributed by atoms with Crippen molar-refractivity contribution < 1.29 is 0 Å². The highest BCUT2D eigenvalue weighted by molar-refractivity contribution is 5.83. The predicted octanol–water partition coefficient (Wildman–Crippen LogP) is 4.46. The molecule has 5 rings (SSSR count). The van der Waals surface area contributed by atoms with E-state index in [1.165, 1.54) is 37.7 Å². The Morgan fingerprint density at radius 3 is 2.24 bits per heavy atom. The van der Waals surface area contributed by atoms with E-state index in [4.69, 9.17) is 4.99 Å². The average Bonchev–Trinajstić information content (AvgIpc) is 2.44. The molecule has 2 nitrogen and oxygen atoms in total. The summed E-state index contributed by atoms with van der Waals surface area (Å²) in [7, 11) is 0. The second-order valence-corrected chi connectivity index (χ2v) is 7.58. The molecule has 1 aromatic rings. The van der Waals surface area contributed by atoms with Crippen LogP contribution in [0, 0.1) is 30.6 Å². The second kappa shape index (κ2) is 5.15. The fourth-order valence-electron chi connectivity index (χ4n) is 5.30. The number of rotatable bonds is 2. The lowest BCUT2D eigenvalue weighted by Crippen LogP contribution is -2.55. The van der Waals surface area contributed by atoms with Crippen LogP contribution in [0.3, 0.4) is 0 Å². The Balaban J connectivity index is 1.50. The normalized spacial score (nSPS) is 37.8. The van der Waals surface area contributed by atoms with E-state index in [9.17, 15) is 0 Å². The van der Waals surface area contributed by atoms with Crippen LogP contribution in [0.1, 0.15) is 44.6 Å². The molecular weight excluding hydrogens is 256 g/mol. The summed E-state index contributed by atoms with van der Waals surface area (Å²) in [4.78, 5) is 4.82. The van der Waals surface area contributed by atoms with Crippen LogP contribution in [0.25, 0.3) is 0 Å². The van der Waals surface area contributed by atoms with Crippen molar-refractivity contribution in [1.82, 2.24) is 5.32 Å². The smallest absolute Gasteiger partial charge is 0.0993 e. The Kier molecular flexibility index (Phi) is 3.28. The maximum Gasteiger partial charge on any atom is 0.0993 e. The Labute approximate surface area is 128 Å². The highest BCUT2D eigenvalue weighted by atomic mass is 15.0. The fourth-order valence-corrected chi connectivity index (χ4v) is 5.30. The van der Waals surface area contributed by atoms with E-state index in [2.05, 4.69) is 43.4 Å². The van der Waals surface area contributed by atoms with Crippen LogP contribution in [0.4, 0.5) is 5.69 Å². The molecule has 4 aliphatic rings. The average molecular weight is 282 g/mol. The summed E-state index contributed by atoms with van der Waals surface area (Å²) < 4.78 is 0. The minimum atomic E-state index is 0.686. The Hall–Kier alpha value is -1.31. The van der Waals surface area contributed by atoms with Gasteiger partial charge >= 0.3 is 0 Å². The van der Waals surface area contributed by atoms with Gasteiger partial charge in [0.25, 0.3) is 0 Å². The van der Waals surface area contributed by atoms with E-state index in [1.54, 1.807) is 0 Å². The third-order valence-corrected chi connectivity index (χ3v) is 6.01. The fraction of sp³-hybridized carbons (Fsp3) is 0.632. The molecule has 0 aromatic heterocycles. The van der Waals surface area contributed by atoms with Gasteiger partial charge < -0.3 is 5.32 Å². The van der Waals surface area contributed by atoms with Gasteiger partial charge in [0.2, 0.25) is 0 Å². The number of amidine groups is 1. The first kappa shape index (κ1) is 13.4. The number of aliphatic imine (C=N–C) groups is 1. The molecule has 4 saturated carbocycles. The van der Waals surface area contributed by atoms with Crippen molar-refractivity contribution in [3.8, 4) is 0 Å². The van der Waals surface area contributed by atoms with E-state index < -0.39 is 0 Å². The first-order chi connectivity index (χ1) is 10.2. The molecule has 0 unspecified atom stereocenters. The lowest BCUT2D eigenvalue weighted by atomic mass is 9.54. The molecular formula is C19H26N2. The van der Waals surface area contributed by atoms with Gasteiger partial charge in [-0.15, -0.1) is 0 Å². The van der Waals surface area contributed by atoms with Gasteiger partial charge in [0.1, 0.15) is 0 Å². The zero-order chi connectivity index (χ0) is 14.4. The molecule has 0 saturated heterocycles. The Bertz CT molecular complexity index is 532. The second-order valence-electron chi connectivity index (χ2n) is 7.58. The van der Waals surface area contributed by atoms with Crippen molar-refractivity contribution in [3.05, 3.63) is 29.8 Å². The molecule has 112 valence electrons. The third-order valence-electron chi connectivity index (χ3n) is 6.01. The van der Waals surface area contributed by atoms with Gasteiger partial charge in [0, 0.05) is 6.04 Å². The standard InChI is InChI=1S/C19H26N2/c1-12-5-3-4-6-18(12)20-13(2)21-19-16-8-14-7-15(10-16)11-17(19)9-14/h3-6,14-17,19H,7-11H2,1-2H3,(H,20,21). The summed E-state index contributed by atoms with van der Waals surface area (Å²) in [5.74, 6) is 4.99. The van der Waals surface area contributed by atoms with Crippen LogP contribution in [0.2, 0.25) is 0 Å². The van der Waals surface area contributed by atoms with Crippen molar-refractivity contribution in [2.75, 3.05) is 0 Å². The molecule has 2 heteroatoms. The van der Waals surface area contributed by atoms with Crippen LogP contribution >= 0.6 is 0 Å². The molecule has 1 aromatic carbocycles. The molecule has 0 heterocycles. The van der Waals surface area contributed by atoms with Crippen molar-refractivity contribution in [2.45, 2.75) is 52.0 Å². The number of hydrogen-bond acceptors (Lipinski definition) is 1. The van der Waals surface area contributed by atoms with Crippen molar-refractivity contribution in [3.63, 3.8) is 0 Å². The van der Waals surface area contributed by atoms with Crippen molar-refractivity contribution in [1.29, 1.82) is 0 Å². The highest BCUT2D eigenvalue weighted by Crippen LogP contribution is 2.53. The van der Waals surface area contributed by atoms with E-state index in [1.807, 2.05) is 0 Å². The first-order valence-corrected chi connectivity index (χ1v) is 8.56. The SMILES string of the molecule is C/C(=N\c1ccccc1C)NC1C2CC3CC(C2)CC1C3. The summed E-state index contributed by atoms with van der Waals surface area (Å²) in [6, 6.07) is 9.08. The zero-order valence-corrected chi connectivity index (χ0v) is 13.2. The van der Waals surface area contributed by atoms with Crippen LogP contribution in [0.5, 0.6) is 0 Å². The first-order valence-electron chi connectivity index (χ1n) is 8.56. The minimum Gasteiger partial charge on any atom is -0.370 e. The zero-order valence-electron chi connectivity index (χ0n) is 13.2. The van der Waals surface area contributed by atoms with E-state index >= 15 is 0 Å². The largest absolute Gasteiger partial charge is 0.370 e. The summed E-state index contributed by atoms with van der Waals surface area (Å²) in [6.07, 6.45) is 7.37. The summed E-state index contributed by atoms with van der Waals surface area (Å²) in [5, 5.41) is 3.79. The van der Waals surface area contributed by atoms with Gasteiger partial charge in [-0.05, 0) is 81.3 Å². The lowest BCUT2D eigenvalue weighted by molar-refractivity contribution is -0.00692. The van der Waals surface area contributed by atoms with E-state index in [0.29, 0.717) is 6.04 Å². The molecule has 1 N–H and O–H groups in total. The van der Waals surface area contributed by atoms with Gasteiger partial charge in [0.05, 0.1) is 11.5 Å². The van der Waals surface area contributed by atoms with Gasteiger partial charge in [0.15, 0.2) is 0 Å². The van der Waals surface area contributed by atoms with Gasteiger partial charge in [-0.2, -0.15) is 0 Å². The summed E-state index contributed by atoms with van der Waals surface area (Å²) in [6.45, 7) is 4.27. The molecule has 4 fully saturated rings. The predicted molar refractivity (Wildman–Crippen MR) is 87.9 cm³/mol. The number of benzene rings is 1. The number of aryl methyl sites for hydroxylation is 1. The van der Waals surface area contributed by atoms with E-state index in [0.717, 1.165) is 35.2 Å². The number of para-hydroxylation sites is 1. The van der Waals surface area contributed by atoms with Gasteiger partial charge in [-0.3, -0.25) is 0 Å². The number of nitrogens with one attached hydrogen (secondary N) is 1. The van der Waals surface area contributed by atoms with Crippen molar-refractivity contribution >= 4 is 11.5 Å². The number of nitrogens with zero attached hydrogens (tertiary/aromatic N) is 1. The van der Waals surface area contributed by atoms with Crippen LogP contribution in [-0.2, 0) is 0 Å². The molecule has 4 bridgehead atoms. The molecule has 0 atom stereocenters. The molecule has 0 aliphatic heterocycles. The highest BCUT2D eigenvalue weighted by Gasteiger charge is 2.48. The third kappa shape index (κ3) is 2.49. The van der Waals surface area contributed by atoms with Crippen LogP contribution in [-0.4, -0.2) is 11.9 Å². The van der Waals surface area contributed by atoms with Crippen LogP contribution < -0.4 is 5.32 Å². The Morgan fingerprint density at radius 1 is 1.00 bits per heavy atom. The molecule has 0 spiro atoms. The van der Waals surface area contributed by atoms with Crippen LogP contribution in [0.15, 0.2) is 29.3 Å². The summed E-state index contributed by atoms with van der Waals surface area (Å²) in [5.41, 5.74) is 2.36. The van der Waals surface area contributed by atoms with Gasteiger partial charge in [-0.25, -0.2) is 4.99 Å². The Morgan fingerprint density at radius 2 is 1.62 bits per heavy atom. The lowest BCUT2D eigenvalue weighted by Gasteiger charge is -2.54. The van der Waals surface area contributed by atoms with Gasteiger partial charge in [-0.1, -0.05) is 18.2 Å². The maximum absolute atomic E-state index is 4.82. The molecule has 0 amide bonds. The van der Waals surface area contributed by atoms with E-state index in [-0.39, 0.29) is 0 Å². The molecule has 21 heavy (non-hydrogen) atoms. The molecule has 0 radical (unpaired) electrons.